The van der Waals surface area contributed by atoms with Gasteiger partial charge in [-0.3, -0.25) is 4.79 Å². The Hall–Kier alpha value is -3.38. The Morgan fingerprint density at radius 3 is 2.68 bits per heavy atom. The summed E-state index contributed by atoms with van der Waals surface area (Å²) in [5.41, 5.74) is 3.06. The van der Waals surface area contributed by atoms with Crippen LogP contribution in [-0.2, 0) is 17.8 Å². The van der Waals surface area contributed by atoms with E-state index < -0.39 is 0 Å². The number of amides is 1. The Balaban J connectivity index is 1.50. The van der Waals surface area contributed by atoms with Crippen LogP contribution in [-0.4, -0.2) is 26.4 Å². The molecule has 3 aromatic carbocycles. The second-order valence-electron chi connectivity index (χ2n) is 7.26. The van der Waals surface area contributed by atoms with Gasteiger partial charge in [0.25, 0.3) is 0 Å². The molecule has 156 valence electrons. The maximum Gasteiger partial charge on any atom is 0.234 e. The molecule has 1 amide bonds. The van der Waals surface area contributed by atoms with Crippen LogP contribution in [0.25, 0.3) is 10.8 Å². The van der Waals surface area contributed by atoms with E-state index in [4.69, 9.17) is 0 Å². The molecule has 0 fully saturated rings. The van der Waals surface area contributed by atoms with Crippen molar-refractivity contribution in [3.8, 4) is 0 Å². The van der Waals surface area contributed by atoms with E-state index >= 15 is 0 Å². The zero-order valence-corrected chi connectivity index (χ0v) is 18.2. The van der Waals surface area contributed by atoms with Crippen molar-refractivity contribution >= 4 is 34.1 Å². The molecule has 0 aliphatic rings. The summed E-state index contributed by atoms with van der Waals surface area (Å²) in [4.78, 5) is 12.4. The highest BCUT2D eigenvalue weighted by Crippen LogP contribution is 2.24. The molecule has 0 spiro atoms. The number of para-hydroxylation sites is 1. The first-order valence-corrected chi connectivity index (χ1v) is 11.1. The molecule has 0 bridgehead atoms. The molecule has 0 atom stereocenters. The summed E-state index contributed by atoms with van der Waals surface area (Å²) in [6.45, 7) is 6.44. The molecule has 5 nitrogen and oxygen atoms in total. The van der Waals surface area contributed by atoms with E-state index in [-0.39, 0.29) is 11.7 Å². The van der Waals surface area contributed by atoms with Crippen LogP contribution < -0.4 is 5.32 Å². The van der Waals surface area contributed by atoms with Crippen molar-refractivity contribution < 1.29 is 4.79 Å². The zero-order valence-electron chi connectivity index (χ0n) is 17.4. The van der Waals surface area contributed by atoms with Crippen molar-refractivity contribution in [1.82, 2.24) is 14.8 Å². The predicted octanol–water partition coefficient (Wildman–Crippen LogP) is 5.25. The monoisotopic (exact) mass is 428 g/mol. The minimum absolute atomic E-state index is 0.0666. The van der Waals surface area contributed by atoms with E-state index in [0.717, 1.165) is 22.2 Å². The highest BCUT2D eigenvalue weighted by molar-refractivity contribution is 7.99. The van der Waals surface area contributed by atoms with Crippen molar-refractivity contribution in [3.63, 3.8) is 0 Å². The number of carbonyl (C=O) groups excluding carboxylic acids is 1. The van der Waals surface area contributed by atoms with Crippen LogP contribution in [0.4, 0.5) is 5.69 Å². The first-order chi connectivity index (χ1) is 15.2. The molecule has 0 aliphatic heterocycles. The third kappa shape index (κ3) is 4.86. The molecule has 0 unspecified atom stereocenters. The van der Waals surface area contributed by atoms with E-state index in [2.05, 4.69) is 58.5 Å². The highest BCUT2D eigenvalue weighted by atomic mass is 32.2. The van der Waals surface area contributed by atoms with Crippen LogP contribution in [0.3, 0.4) is 0 Å². The van der Waals surface area contributed by atoms with Gasteiger partial charge in [-0.1, -0.05) is 78.5 Å². The second kappa shape index (κ2) is 9.62. The smallest absolute Gasteiger partial charge is 0.234 e. The van der Waals surface area contributed by atoms with Gasteiger partial charge in [0.2, 0.25) is 5.91 Å². The van der Waals surface area contributed by atoms with Crippen LogP contribution in [0.1, 0.15) is 17.0 Å². The van der Waals surface area contributed by atoms with Crippen molar-refractivity contribution in [1.29, 1.82) is 0 Å². The molecular weight excluding hydrogens is 404 g/mol. The minimum atomic E-state index is -0.0666. The lowest BCUT2D eigenvalue weighted by Gasteiger charge is -2.10. The molecule has 4 rings (SSSR count). The van der Waals surface area contributed by atoms with Gasteiger partial charge >= 0.3 is 0 Å². The number of hydrogen-bond acceptors (Lipinski definition) is 4. The number of aromatic nitrogens is 3. The van der Waals surface area contributed by atoms with Gasteiger partial charge in [-0.05, 0) is 34.9 Å². The van der Waals surface area contributed by atoms with Crippen LogP contribution in [0, 0.1) is 6.92 Å². The van der Waals surface area contributed by atoms with E-state index in [1.807, 2.05) is 47.9 Å². The van der Waals surface area contributed by atoms with Gasteiger partial charge in [0.05, 0.1) is 5.75 Å². The fourth-order valence-electron chi connectivity index (χ4n) is 3.52. The molecule has 4 aromatic rings. The number of aryl methyl sites for hydroxylation is 1. The number of nitrogens with one attached hydrogen (secondary N) is 1. The lowest BCUT2D eigenvalue weighted by molar-refractivity contribution is -0.113. The number of benzene rings is 3. The van der Waals surface area contributed by atoms with Crippen LogP contribution in [0.2, 0.25) is 0 Å². The maximum absolute atomic E-state index is 12.4. The number of rotatable bonds is 8. The quantitative estimate of drug-likeness (QED) is 0.308. The van der Waals surface area contributed by atoms with E-state index in [1.54, 1.807) is 0 Å². The third-order valence-electron chi connectivity index (χ3n) is 5.09. The molecule has 0 saturated carbocycles. The fourth-order valence-corrected chi connectivity index (χ4v) is 4.28. The molecular formula is C25H24N4OS. The largest absolute Gasteiger partial charge is 0.325 e. The highest BCUT2D eigenvalue weighted by Gasteiger charge is 2.15. The Morgan fingerprint density at radius 2 is 1.84 bits per heavy atom. The van der Waals surface area contributed by atoms with Gasteiger partial charge in [0.1, 0.15) is 5.82 Å². The van der Waals surface area contributed by atoms with Gasteiger partial charge in [-0.2, -0.15) is 0 Å². The summed E-state index contributed by atoms with van der Waals surface area (Å²) in [5, 5.41) is 14.9. The number of hydrogen-bond donors (Lipinski definition) is 1. The Labute approximate surface area is 186 Å². The van der Waals surface area contributed by atoms with Crippen molar-refractivity contribution in [2.75, 3.05) is 11.1 Å². The molecule has 6 heteroatoms. The van der Waals surface area contributed by atoms with Gasteiger partial charge in [-0.15, -0.1) is 16.8 Å². The topological polar surface area (TPSA) is 59.8 Å². The average Bonchev–Trinajstić information content (AvgIpc) is 3.16. The number of carbonyl (C=O) groups is 1. The summed E-state index contributed by atoms with van der Waals surface area (Å²) in [6, 6.07) is 22.4. The Kier molecular flexibility index (Phi) is 6.48. The van der Waals surface area contributed by atoms with E-state index in [1.165, 1.54) is 28.1 Å². The molecule has 31 heavy (non-hydrogen) atoms. The van der Waals surface area contributed by atoms with Crippen LogP contribution in [0.5, 0.6) is 0 Å². The lowest BCUT2D eigenvalue weighted by atomic mass is 10.0. The van der Waals surface area contributed by atoms with Crippen molar-refractivity contribution in [2.45, 2.75) is 25.0 Å². The van der Waals surface area contributed by atoms with E-state index in [9.17, 15) is 4.79 Å². The molecule has 0 aliphatic carbocycles. The summed E-state index contributed by atoms with van der Waals surface area (Å²) < 4.78 is 2.03. The first-order valence-electron chi connectivity index (χ1n) is 10.1. The molecule has 0 saturated heterocycles. The number of nitrogens with zero attached hydrogens (tertiary/aromatic N) is 3. The third-order valence-corrected chi connectivity index (χ3v) is 6.05. The molecule has 0 radical (unpaired) electrons. The van der Waals surface area contributed by atoms with Crippen LogP contribution in [0.15, 0.2) is 84.5 Å². The van der Waals surface area contributed by atoms with Gasteiger partial charge < -0.3 is 9.88 Å². The zero-order chi connectivity index (χ0) is 21.6. The average molecular weight is 429 g/mol. The number of fused-ring (bicyclic) bond motifs is 1. The van der Waals surface area contributed by atoms with Crippen molar-refractivity contribution in [2.24, 2.45) is 0 Å². The molecule has 1 N–H and O–H groups in total. The number of anilines is 1. The first kappa shape index (κ1) is 20.9. The number of thioether (sulfide) groups is 1. The standard InChI is InChI=1S/C25H24N4OS/c1-3-15-29-23(16-20-12-8-11-19-10-5-6-13-21(19)20)27-28-25(29)31-17-24(30)26-22-14-7-4-9-18(22)2/h3-14H,1,15-17H2,2H3,(H,26,30). The van der Waals surface area contributed by atoms with Crippen molar-refractivity contribution in [3.05, 3.63) is 96.3 Å². The second-order valence-corrected chi connectivity index (χ2v) is 8.21. The fraction of sp³-hybridized carbons (Fsp3) is 0.160. The minimum Gasteiger partial charge on any atom is -0.325 e. The Bertz CT molecular complexity index is 1230. The van der Waals surface area contributed by atoms with E-state index in [0.29, 0.717) is 13.0 Å². The van der Waals surface area contributed by atoms with Gasteiger partial charge in [-0.25, -0.2) is 0 Å². The SMILES string of the molecule is C=CCn1c(Cc2cccc3ccccc23)nnc1SCC(=O)Nc1ccccc1C. The maximum atomic E-state index is 12.4. The normalized spacial score (nSPS) is 10.9. The predicted molar refractivity (Wildman–Crippen MR) is 128 cm³/mol. The molecule has 1 heterocycles. The van der Waals surface area contributed by atoms with Gasteiger partial charge in [0, 0.05) is 18.7 Å². The summed E-state index contributed by atoms with van der Waals surface area (Å²) in [7, 11) is 0. The summed E-state index contributed by atoms with van der Waals surface area (Å²) >= 11 is 1.38. The number of allylic oxidation sites excluding steroid dienone is 1. The molecule has 1 aromatic heterocycles. The Morgan fingerprint density at radius 1 is 1.06 bits per heavy atom. The summed E-state index contributed by atoms with van der Waals surface area (Å²) in [5.74, 6) is 1.05. The van der Waals surface area contributed by atoms with Crippen LogP contribution >= 0.6 is 11.8 Å². The summed E-state index contributed by atoms with van der Waals surface area (Å²) in [6.07, 6.45) is 2.49. The lowest BCUT2D eigenvalue weighted by Crippen LogP contribution is -2.15. The van der Waals surface area contributed by atoms with Gasteiger partial charge in [0.15, 0.2) is 5.16 Å².